The van der Waals surface area contributed by atoms with Crippen LogP contribution < -0.4 is 9.47 Å². The van der Waals surface area contributed by atoms with E-state index in [4.69, 9.17) is 9.47 Å². The number of aryl methyl sites for hydroxylation is 3. The Labute approximate surface area is 467 Å². The zero-order valence-electron chi connectivity index (χ0n) is 34.4. The molecule has 0 fully saturated rings. The minimum atomic E-state index is -0.373. The minimum Gasteiger partial charge on any atom is -0.421 e. The Morgan fingerprint density at radius 3 is 1.03 bits per heavy atom. The van der Waals surface area contributed by atoms with Crippen LogP contribution >= 0.6 is 136 Å². The van der Waals surface area contributed by atoms with Gasteiger partial charge in [-0.3, -0.25) is 0 Å². The number of esters is 2. The molecule has 2 unspecified atom stereocenters. The molecule has 0 N–H and O–H groups in total. The van der Waals surface area contributed by atoms with Gasteiger partial charge in [-0.2, -0.15) is 0 Å². The van der Waals surface area contributed by atoms with Gasteiger partial charge in [0.05, 0.1) is 47.2 Å². The summed E-state index contributed by atoms with van der Waals surface area (Å²) in [5.41, 5.74) is 4.80. The number of halogens is 6. The van der Waals surface area contributed by atoms with Gasteiger partial charge < -0.3 is 9.47 Å². The van der Waals surface area contributed by atoms with E-state index in [9.17, 15) is 9.59 Å². The number of carbonyl (C=O) groups is 2. The quantitative estimate of drug-likeness (QED) is 0.0500. The molecule has 0 radical (unpaired) electrons. The van der Waals surface area contributed by atoms with Crippen LogP contribution in [-0.2, 0) is 34.6 Å². The van der Waals surface area contributed by atoms with Crippen LogP contribution in [0.4, 0.5) is 0 Å². The Morgan fingerprint density at radius 2 is 0.692 bits per heavy atom. The van der Waals surface area contributed by atoms with Gasteiger partial charge in [-0.25, -0.2) is 9.59 Å². The standard InChI is InChI=1S/C53H36I6O4S2/c1-33-7-19-41(20-8-33)65(45-27-17-37(18-28-45)53(61)63-51-48(58)31-39(55)32-49(51)59)43-23-13-35(14-24-43)10-9-34-11-21-42(22-12-34)64(40-5-3-2-4-6-40)44-25-15-36(16-26-44)52(60)62-50-46(56)29-38(54)30-47(50)57/h2-8,11-32H,9-10H2,1H3/q+2. The van der Waals surface area contributed by atoms with Gasteiger partial charge in [0.25, 0.3) is 0 Å². The molecule has 4 nitrogen and oxygen atoms in total. The zero-order valence-corrected chi connectivity index (χ0v) is 49.0. The van der Waals surface area contributed by atoms with Crippen LogP contribution in [0.15, 0.2) is 205 Å². The lowest BCUT2D eigenvalue weighted by molar-refractivity contribution is 0.0722. The van der Waals surface area contributed by atoms with Crippen molar-refractivity contribution in [3.05, 3.63) is 225 Å². The summed E-state index contributed by atoms with van der Waals surface area (Å²) >= 11 is 13.4. The highest BCUT2D eigenvalue weighted by molar-refractivity contribution is 14.1. The van der Waals surface area contributed by atoms with Crippen molar-refractivity contribution in [3.8, 4) is 11.5 Å². The van der Waals surface area contributed by atoms with Crippen LogP contribution in [0.3, 0.4) is 0 Å². The van der Waals surface area contributed by atoms with Crippen molar-refractivity contribution in [3.63, 3.8) is 0 Å². The molecule has 8 rings (SSSR count). The average molecular weight is 1560 g/mol. The second-order valence-electron chi connectivity index (χ2n) is 14.8. The molecule has 0 saturated carbocycles. The fourth-order valence-corrected chi connectivity index (χ4v) is 18.6. The highest BCUT2D eigenvalue weighted by atomic mass is 127. The second kappa shape index (κ2) is 22.9. The Hall–Kier alpha value is -2.22. The van der Waals surface area contributed by atoms with Gasteiger partial charge in [0.15, 0.2) is 40.9 Å². The number of hydrogen-bond donors (Lipinski definition) is 0. The summed E-state index contributed by atoms with van der Waals surface area (Å²) in [5, 5.41) is 0. The number of ether oxygens (including phenoxy) is 2. The second-order valence-corrected chi connectivity index (χ2v) is 25.9. The molecule has 0 heterocycles. The predicted molar refractivity (Wildman–Crippen MR) is 314 cm³/mol. The maximum atomic E-state index is 13.3. The molecular weight excluding hydrogens is 1530 g/mol. The normalized spacial score (nSPS) is 12.0. The SMILES string of the molecule is Cc1ccc([S+](c2ccc(CCc3ccc([S+](c4ccccc4)c4ccc(C(=O)Oc5c(I)cc(I)cc5I)cc4)cc3)cc2)c2ccc(C(=O)Oc3c(I)cc(I)cc3I)cc2)cc1. The molecule has 12 heteroatoms. The van der Waals surface area contributed by atoms with Crippen LogP contribution in [0.2, 0.25) is 0 Å². The van der Waals surface area contributed by atoms with Gasteiger partial charge in [-0.1, -0.05) is 60.2 Å². The minimum absolute atomic E-state index is 0.366. The van der Waals surface area contributed by atoms with Crippen molar-refractivity contribution < 1.29 is 19.1 Å². The molecule has 2 atom stereocenters. The summed E-state index contributed by atoms with van der Waals surface area (Å²) in [4.78, 5) is 33.7. The van der Waals surface area contributed by atoms with Crippen LogP contribution in [0.25, 0.3) is 0 Å². The first-order valence-corrected chi connectivity index (χ1v) is 29.0. The third-order valence-corrected chi connectivity index (χ3v) is 19.1. The highest BCUT2D eigenvalue weighted by Crippen LogP contribution is 2.36. The van der Waals surface area contributed by atoms with Gasteiger partial charge >= 0.3 is 11.9 Å². The van der Waals surface area contributed by atoms with Crippen LogP contribution in [0, 0.1) is 28.3 Å². The first kappa shape index (κ1) is 49.2. The van der Waals surface area contributed by atoms with E-state index < -0.39 is 0 Å². The summed E-state index contributed by atoms with van der Waals surface area (Å²) in [5.74, 6) is 0.455. The smallest absolute Gasteiger partial charge is 0.343 e. The van der Waals surface area contributed by atoms with E-state index in [2.05, 4.69) is 264 Å². The van der Waals surface area contributed by atoms with Gasteiger partial charge in [0.1, 0.15) is 0 Å². The summed E-state index contributed by atoms with van der Waals surface area (Å²) in [6.07, 6.45) is 1.82. The van der Waals surface area contributed by atoms with Crippen molar-refractivity contribution in [2.75, 3.05) is 0 Å². The Bertz CT molecular complexity index is 2920. The maximum Gasteiger partial charge on any atom is 0.343 e. The maximum absolute atomic E-state index is 13.3. The van der Waals surface area contributed by atoms with E-state index in [0.717, 1.165) is 44.1 Å². The molecule has 0 bridgehead atoms. The lowest BCUT2D eigenvalue weighted by Crippen LogP contribution is -2.11. The van der Waals surface area contributed by atoms with E-state index in [0.29, 0.717) is 22.6 Å². The average Bonchev–Trinajstić information content (AvgIpc) is 3.30. The van der Waals surface area contributed by atoms with Crippen LogP contribution in [0.1, 0.15) is 37.4 Å². The molecule has 0 aliphatic carbocycles. The molecule has 0 amide bonds. The fourth-order valence-electron chi connectivity index (χ4n) is 6.93. The predicted octanol–water partition coefficient (Wildman–Crippen LogP) is 16.0. The zero-order chi connectivity index (χ0) is 45.6. The van der Waals surface area contributed by atoms with E-state index in [-0.39, 0.29) is 33.7 Å². The molecule has 0 aromatic heterocycles. The van der Waals surface area contributed by atoms with Gasteiger partial charge in [0, 0.05) is 7.14 Å². The van der Waals surface area contributed by atoms with Crippen LogP contribution in [0.5, 0.6) is 11.5 Å². The third kappa shape index (κ3) is 12.5. The summed E-state index contributed by atoms with van der Waals surface area (Å²) in [6, 6.07) is 61.1. The number of rotatable bonds is 13. The summed E-state index contributed by atoms with van der Waals surface area (Å²) in [6.45, 7) is 2.11. The Kier molecular flexibility index (Phi) is 17.4. The molecule has 65 heavy (non-hydrogen) atoms. The molecule has 8 aromatic rings. The van der Waals surface area contributed by atoms with E-state index in [1.54, 1.807) is 0 Å². The van der Waals surface area contributed by atoms with Crippen molar-refractivity contribution in [2.45, 2.75) is 49.1 Å². The van der Waals surface area contributed by atoms with Crippen molar-refractivity contribution >= 4 is 169 Å². The first-order chi connectivity index (χ1) is 31.4. The van der Waals surface area contributed by atoms with Gasteiger partial charge in [-0.15, -0.1) is 0 Å². The van der Waals surface area contributed by atoms with Crippen molar-refractivity contribution in [1.82, 2.24) is 0 Å². The van der Waals surface area contributed by atoms with E-state index in [1.165, 1.54) is 36.3 Å². The van der Waals surface area contributed by atoms with Crippen molar-refractivity contribution in [2.24, 2.45) is 0 Å². The molecule has 0 spiro atoms. The molecular formula is C53H36I6O4S2+2. The third-order valence-electron chi connectivity index (χ3n) is 10.2. The Morgan fingerprint density at radius 1 is 0.400 bits per heavy atom. The van der Waals surface area contributed by atoms with Gasteiger partial charge in [-0.05, 0) is 288 Å². The number of benzene rings is 8. The lowest BCUT2D eigenvalue weighted by Gasteiger charge is -2.11. The van der Waals surface area contributed by atoms with E-state index in [1.807, 2.05) is 54.6 Å². The number of hydrogen-bond acceptors (Lipinski definition) is 4. The fraction of sp³-hybridized carbons (Fsp3) is 0.0566. The monoisotopic (exact) mass is 1560 g/mol. The summed E-state index contributed by atoms with van der Waals surface area (Å²) < 4.78 is 17.6. The molecule has 8 aromatic carbocycles. The molecule has 0 aliphatic rings. The lowest BCUT2D eigenvalue weighted by atomic mass is 10.0. The highest BCUT2D eigenvalue weighted by Gasteiger charge is 2.31. The Balaban J connectivity index is 0.957. The van der Waals surface area contributed by atoms with Gasteiger partial charge in [0.2, 0.25) is 0 Å². The summed E-state index contributed by atoms with van der Waals surface area (Å²) in [7, 11) is -0.739. The van der Waals surface area contributed by atoms with Crippen molar-refractivity contribution in [1.29, 1.82) is 0 Å². The molecule has 324 valence electrons. The largest absolute Gasteiger partial charge is 0.421 e. The molecule has 0 aliphatic heterocycles. The topological polar surface area (TPSA) is 52.6 Å². The molecule has 0 saturated heterocycles. The van der Waals surface area contributed by atoms with E-state index >= 15 is 0 Å². The van der Waals surface area contributed by atoms with Crippen LogP contribution in [-0.4, -0.2) is 11.9 Å². The number of carbonyl (C=O) groups excluding carboxylic acids is 2. The first-order valence-electron chi connectivity index (χ1n) is 20.1.